The third-order valence-corrected chi connectivity index (χ3v) is 3.20. The molecule has 3 N–H and O–H groups in total. The van der Waals surface area contributed by atoms with E-state index in [-0.39, 0.29) is 12.1 Å². The van der Waals surface area contributed by atoms with E-state index < -0.39 is 0 Å². The van der Waals surface area contributed by atoms with Crippen LogP contribution in [0.1, 0.15) is 37.8 Å². The van der Waals surface area contributed by atoms with Gasteiger partial charge in [0.1, 0.15) is 0 Å². The predicted octanol–water partition coefficient (Wildman–Crippen LogP) is 2.20. The van der Waals surface area contributed by atoms with Crippen molar-refractivity contribution in [2.75, 3.05) is 6.61 Å². The van der Waals surface area contributed by atoms with Gasteiger partial charge >= 0.3 is 0 Å². The van der Waals surface area contributed by atoms with E-state index >= 15 is 0 Å². The van der Waals surface area contributed by atoms with Crippen LogP contribution in [0.3, 0.4) is 0 Å². The normalized spacial score (nSPS) is 11.7. The topological polar surface area (TPSA) is 46.2 Å². The fourth-order valence-electron chi connectivity index (χ4n) is 1.98. The van der Waals surface area contributed by atoms with Gasteiger partial charge in [-0.05, 0) is 30.4 Å². The van der Waals surface area contributed by atoms with Crippen molar-refractivity contribution in [3.05, 3.63) is 35.4 Å². The van der Waals surface area contributed by atoms with Gasteiger partial charge in [0.15, 0.2) is 0 Å². The zero-order valence-corrected chi connectivity index (χ0v) is 9.66. The Labute approximate surface area is 92.1 Å². The van der Waals surface area contributed by atoms with Crippen molar-refractivity contribution in [1.82, 2.24) is 0 Å². The summed E-state index contributed by atoms with van der Waals surface area (Å²) in [5, 5.41) is 9.01. The van der Waals surface area contributed by atoms with Crippen LogP contribution in [0.25, 0.3) is 0 Å². The summed E-state index contributed by atoms with van der Waals surface area (Å²) in [5.41, 5.74) is 8.48. The molecule has 2 nitrogen and oxygen atoms in total. The van der Waals surface area contributed by atoms with Crippen LogP contribution >= 0.6 is 0 Å². The van der Waals surface area contributed by atoms with Gasteiger partial charge in [0.2, 0.25) is 0 Å². The van der Waals surface area contributed by atoms with Gasteiger partial charge in [-0.15, -0.1) is 0 Å². The molecule has 0 spiro atoms. The van der Waals surface area contributed by atoms with Crippen molar-refractivity contribution in [3.63, 3.8) is 0 Å². The van der Waals surface area contributed by atoms with Crippen molar-refractivity contribution in [3.8, 4) is 0 Å². The highest BCUT2D eigenvalue weighted by molar-refractivity contribution is 5.33. The Morgan fingerprint density at radius 2 is 1.80 bits per heavy atom. The van der Waals surface area contributed by atoms with Crippen LogP contribution in [0.5, 0.6) is 0 Å². The molecule has 0 aliphatic carbocycles. The summed E-state index contributed by atoms with van der Waals surface area (Å²) in [5.74, 6) is 0. The second-order valence-corrected chi connectivity index (χ2v) is 3.99. The number of aliphatic hydroxyl groups excluding tert-OH is 1. The van der Waals surface area contributed by atoms with E-state index in [1.807, 2.05) is 12.1 Å². The smallest absolute Gasteiger partial charge is 0.0471 e. The van der Waals surface area contributed by atoms with E-state index in [1.165, 1.54) is 11.1 Å². The first-order chi connectivity index (χ1) is 7.18. The maximum atomic E-state index is 9.01. The monoisotopic (exact) mass is 207 g/mol. The lowest BCUT2D eigenvalue weighted by atomic mass is 9.82. The van der Waals surface area contributed by atoms with Crippen LogP contribution in [0.2, 0.25) is 0 Å². The largest absolute Gasteiger partial charge is 0.396 e. The number of nitrogens with two attached hydrogens (primary N) is 1. The molecule has 1 aromatic rings. The Hall–Kier alpha value is -0.860. The molecule has 0 radical (unpaired) electrons. The molecule has 0 saturated carbocycles. The highest BCUT2D eigenvalue weighted by Crippen LogP contribution is 2.28. The fraction of sp³-hybridized carbons (Fsp3) is 0.538. The molecule has 2 heteroatoms. The third-order valence-electron chi connectivity index (χ3n) is 3.20. The van der Waals surface area contributed by atoms with E-state index in [9.17, 15) is 0 Å². The Balaban J connectivity index is 3.10. The number of hydrogen-bond donors (Lipinski definition) is 2. The first kappa shape index (κ1) is 12.2. The highest BCUT2D eigenvalue weighted by atomic mass is 16.2. The molecule has 0 aliphatic rings. The number of benzene rings is 1. The fourth-order valence-corrected chi connectivity index (χ4v) is 1.98. The minimum Gasteiger partial charge on any atom is -0.396 e. The van der Waals surface area contributed by atoms with Crippen LogP contribution in [0.4, 0.5) is 0 Å². The average Bonchev–Trinajstić information content (AvgIpc) is 2.29. The molecule has 0 unspecified atom stereocenters. The lowest BCUT2D eigenvalue weighted by Crippen LogP contribution is -2.36. The zero-order valence-electron chi connectivity index (χ0n) is 9.66. The van der Waals surface area contributed by atoms with E-state index in [1.54, 1.807) is 0 Å². The Morgan fingerprint density at radius 1 is 1.20 bits per heavy atom. The Morgan fingerprint density at radius 3 is 2.33 bits per heavy atom. The molecular formula is C13H21NO. The molecule has 0 amide bonds. The molecule has 84 valence electrons. The summed E-state index contributed by atoms with van der Waals surface area (Å²) in [6.07, 6.45) is 2.53. The second-order valence-electron chi connectivity index (χ2n) is 3.99. The lowest BCUT2D eigenvalue weighted by Gasteiger charge is -2.29. The van der Waals surface area contributed by atoms with E-state index in [4.69, 9.17) is 10.8 Å². The van der Waals surface area contributed by atoms with Crippen molar-refractivity contribution >= 4 is 0 Å². The molecule has 1 rings (SSSR count). The van der Waals surface area contributed by atoms with Crippen molar-refractivity contribution < 1.29 is 5.11 Å². The maximum Gasteiger partial charge on any atom is 0.0471 e. The Kier molecular flexibility index (Phi) is 4.30. The van der Waals surface area contributed by atoms with Crippen molar-refractivity contribution in [2.24, 2.45) is 5.73 Å². The van der Waals surface area contributed by atoms with E-state index in [2.05, 4.69) is 26.0 Å². The molecule has 0 heterocycles. The third kappa shape index (κ3) is 2.58. The minimum atomic E-state index is -0.244. The Bertz CT molecular complexity index is 305. The van der Waals surface area contributed by atoms with Gasteiger partial charge in [0.05, 0.1) is 0 Å². The molecule has 0 bridgehead atoms. The van der Waals surface area contributed by atoms with Crippen LogP contribution in [-0.4, -0.2) is 11.7 Å². The van der Waals surface area contributed by atoms with Gasteiger partial charge in [-0.25, -0.2) is 0 Å². The molecule has 15 heavy (non-hydrogen) atoms. The minimum absolute atomic E-state index is 0.181. The quantitative estimate of drug-likeness (QED) is 0.777. The number of aliphatic hydroxyl groups is 1. The number of hydrogen-bond acceptors (Lipinski definition) is 2. The molecule has 0 fully saturated rings. The molecular weight excluding hydrogens is 186 g/mol. The first-order valence-electron chi connectivity index (χ1n) is 5.66. The van der Waals surface area contributed by atoms with E-state index in [0.717, 1.165) is 12.8 Å². The second kappa shape index (κ2) is 5.29. The number of rotatable bonds is 5. The SMILES string of the molecule is CCC(N)(CC)c1ccccc1CCO. The van der Waals surface area contributed by atoms with Gasteiger partial charge < -0.3 is 10.8 Å². The van der Waals surface area contributed by atoms with Gasteiger partial charge in [0.25, 0.3) is 0 Å². The predicted molar refractivity (Wildman–Crippen MR) is 63.7 cm³/mol. The molecule has 0 saturated heterocycles. The molecule has 0 aromatic heterocycles. The van der Waals surface area contributed by atoms with Crippen LogP contribution in [0, 0.1) is 0 Å². The summed E-state index contributed by atoms with van der Waals surface area (Å²) < 4.78 is 0. The maximum absolute atomic E-state index is 9.01. The van der Waals surface area contributed by atoms with Gasteiger partial charge in [-0.1, -0.05) is 38.1 Å². The van der Waals surface area contributed by atoms with Crippen molar-refractivity contribution in [2.45, 2.75) is 38.6 Å². The average molecular weight is 207 g/mol. The first-order valence-corrected chi connectivity index (χ1v) is 5.66. The van der Waals surface area contributed by atoms with Crippen LogP contribution in [-0.2, 0) is 12.0 Å². The summed E-state index contributed by atoms with van der Waals surface area (Å²) in [7, 11) is 0. The van der Waals surface area contributed by atoms with E-state index in [0.29, 0.717) is 6.42 Å². The summed E-state index contributed by atoms with van der Waals surface area (Å²) >= 11 is 0. The zero-order chi connectivity index (χ0) is 11.3. The molecule has 0 atom stereocenters. The van der Waals surface area contributed by atoms with Gasteiger partial charge in [0, 0.05) is 12.1 Å². The standard InChI is InChI=1S/C13H21NO/c1-3-13(14,4-2)12-8-6-5-7-11(12)9-10-15/h5-8,15H,3-4,9-10,14H2,1-2H3. The molecule has 1 aromatic carbocycles. The van der Waals surface area contributed by atoms with Gasteiger partial charge in [-0.3, -0.25) is 0 Å². The van der Waals surface area contributed by atoms with Crippen LogP contribution in [0.15, 0.2) is 24.3 Å². The lowest BCUT2D eigenvalue weighted by molar-refractivity contribution is 0.297. The van der Waals surface area contributed by atoms with Crippen LogP contribution < -0.4 is 5.73 Å². The van der Waals surface area contributed by atoms with Crippen molar-refractivity contribution in [1.29, 1.82) is 0 Å². The highest BCUT2D eigenvalue weighted by Gasteiger charge is 2.24. The molecule has 0 aliphatic heterocycles. The summed E-state index contributed by atoms with van der Waals surface area (Å²) in [6, 6.07) is 8.15. The van der Waals surface area contributed by atoms with Gasteiger partial charge in [-0.2, -0.15) is 0 Å². The summed E-state index contributed by atoms with van der Waals surface area (Å²) in [4.78, 5) is 0. The summed E-state index contributed by atoms with van der Waals surface area (Å²) in [6.45, 7) is 4.40.